The summed E-state index contributed by atoms with van der Waals surface area (Å²) in [4.78, 5) is 0. The molecule has 0 spiro atoms. The highest BCUT2D eigenvalue weighted by molar-refractivity contribution is 9.09. The van der Waals surface area contributed by atoms with E-state index in [0.717, 1.165) is 11.1 Å². The Kier molecular flexibility index (Phi) is 9.77. The molecule has 0 fully saturated rings. The fourth-order valence-electron chi connectivity index (χ4n) is 2.73. The zero-order chi connectivity index (χ0) is 23.7. The Balaban J connectivity index is 2.43. The fourth-order valence-corrected chi connectivity index (χ4v) is 4.26. The van der Waals surface area contributed by atoms with Crippen LogP contribution in [-0.2, 0) is 5.41 Å². The molecule has 0 radical (unpaired) electrons. The Morgan fingerprint density at radius 1 is 0.645 bits per heavy atom. The van der Waals surface area contributed by atoms with Crippen molar-refractivity contribution in [2.45, 2.75) is 57.0 Å². The van der Waals surface area contributed by atoms with Crippen molar-refractivity contribution in [1.82, 2.24) is 0 Å². The summed E-state index contributed by atoms with van der Waals surface area (Å²) >= 11 is 33.2. The van der Waals surface area contributed by atoms with Gasteiger partial charge in [0, 0.05) is 17.3 Å². The highest BCUT2D eigenvalue weighted by Crippen LogP contribution is 2.44. The van der Waals surface area contributed by atoms with Crippen molar-refractivity contribution in [2.75, 3.05) is 0 Å². The topological polar surface area (TPSA) is 18.5 Å². The minimum absolute atomic E-state index is 0.199. The predicted molar refractivity (Wildman–Crippen MR) is 141 cm³/mol. The van der Waals surface area contributed by atoms with Gasteiger partial charge in [-0.2, -0.15) is 0 Å². The molecule has 0 N–H and O–H groups in total. The lowest BCUT2D eigenvalue weighted by Gasteiger charge is -2.29. The standard InChI is InChI=1S/C23H26Br2Cl4O2/c1-11(2)21(24)30-19-15(26)7-13(8-16(19)27)23(5,6)14-9-17(28)20(18(29)10-14)31-22(25)12(3)4/h7-12,21-22H,1-6H3. The smallest absolute Gasteiger partial charge is 0.158 e. The zero-order valence-corrected chi connectivity index (χ0v) is 24.4. The van der Waals surface area contributed by atoms with Gasteiger partial charge in [-0.05, 0) is 67.3 Å². The van der Waals surface area contributed by atoms with Gasteiger partial charge in [-0.3, -0.25) is 0 Å². The van der Waals surface area contributed by atoms with Crippen molar-refractivity contribution in [2.24, 2.45) is 11.8 Å². The molecule has 8 heteroatoms. The molecular formula is C23H26Br2Cl4O2. The quantitative estimate of drug-likeness (QED) is 0.269. The Labute approximate surface area is 222 Å². The number of rotatable bonds is 8. The minimum Gasteiger partial charge on any atom is -0.476 e. The molecule has 0 aromatic heterocycles. The van der Waals surface area contributed by atoms with E-state index in [1.54, 1.807) is 0 Å². The molecule has 2 aromatic carbocycles. The highest BCUT2D eigenvalue weighted by atomic mass is 79.9. The summed E-state index contributed by atoms with van der Waals surface area (Å²) in [6.07, 6.45) is 0. The van der Waals surface area contributed by atoms with Crippen LogP contribution >= 0.6 is 78.3 Å². The van der Waals surface area contributed by atoms with E-state index >= 15 is 0 Å². The first-order valence-corrected chi connectivity index (χ1v) is 13.2. The summed E-state index contributed by atoms with van der Waals surface area (Å²) in [6, 6.07) is 7.45. The second-order valence-corrected chi connectivity index (χ2v) is 12.0. The Hall–Kier alpha value is 0.160. The van der Waals surface area contributed by atoms with E-state index in [9.17, 15) is 0 Å². The number of benzene rings is 2. The Morgan fingerprint density at radius 3 is 1.13 bits per heavy atom. The predicted octanol–water partition coefficient (Wildman–Crippen LogP) is 10.1. The first kappa shape index (κ1) is 27.4. The van der Waals surface area contributed by atoms with Gasteiger partial charge in [0.05, 0.1) is 20.1 Å². The van der Waals surface area contributed by atoms with Crippen LogP contribution in [0.25, 0.3) is 0 Å². The van der Waals surface area contributed by atoms with E-state index in [4.69, 9.17) is 55.9 Å². The molecule has 0 aliphatic rings. The lowest BCUT2D eigenvalue weighted by Crippen LogP contribution is -2.20. The highest BCUT2D eigenvalue weighted by Gasteiger charge is 2.28. The molecule has 172 valence electrons. The molecular weight excluding hydrogens is 610 g/mol. The van der Waals surface area contributed by atoms with Gasteiger partial charge in [0.2, 0.25) is 0 Å². The summed E-state index contributed by atoms with van der Waals surface area (Å²) in [5.41, 5.74) is 1.34. The van der Waals surface area contributed by atoms with Crippen molar-refractivity contribution >= 4 is 78.3 Å². The summed E-state index contributed by atoms with van der Waals surface area (Å²) in [5, 5.41) is 1.37. The third-order valence-corrected chi connectivity index (χ3v) is 8.56. The van der Waals surface area contributed by atoms with Crippen molar-refractivity contribution in [3.63, 3.8) is 0 Å². The van der Waals surface area contributed by atoms with E-state index in [0.29, 0.717) is 31.6 Å². The molecule has 2 aromatic rings. The van der Waals surface area contributed by atoms with E-state index in [1.165, 1.54) is 0 Å². The molecule has 2 atom stereocenters. The Morgan fingerprint density at radius 2 is 0.903 bits per heavy atom. The SMILES string of the molecule is CC(C)C(Br)Oc1c(Cl)cc(C(C)(C)c2cc(Cl)c(OC(Br)C(C)C)c(Cl)c2)cc1Cl. The third-order valence-electron chi connectivity index (χ3n) is 4.95. The van der Waals surface area contributed by atoms with Gasteiger partial charge >= 0.3 is 0 Å². The molecule has 0 amide bonds. The fraction of sp³-hybridized carbons (Fsp3) is 0.478. The number of ether oxygens (including phenoxy) is 2. The van der Waals surface area contributed by atoms with E-state index in [2.05, 4.69) is 45.7 Å². The number of hydrogen-bond donors (Lipinski definition) is 0. The van der Waals surface area contributed by atoms with Crippen molar-refractivity contribution in [3.8, 4) is 11.5 Å². The average molecular weight is 636 g/mol. The van der Waals surface area contributed by atoms with Gasteiger partial charge in [-0.1, -0.05) is 87.9 Å². The van der Waals surface area contributed by atoms with Crippen LogP contribution in [-0.4, -0.2) is 10.0 Å². The normalized spacial score (nSPS) is 14.1. The molecule has 0 bridgehead atoms. The van der Waals surface area contributed by atoms with Crippen molar-refractivity contribution in [3.05, 3.63) is 55.5 Å². The van der Waals surface area contributed by atoms with E-state index < -0.39 is 5.41 Å². The van der Waals surface area contributed by atoms with Crippen LogP contribution in [0.1, 0.15) is 52.7 Å². The maximum atomic E-state index is 6.54. The zero-order valence-electron chi connectivity index (χ0n) is 18.2. The van der Waals surface area contributed by atoms with Crippen LogP contribution in [0.3, 0.4) is 0 Å². The number of hydrogen-bond acceptors (Lipinski definition) is 2. The third kappa shape index (κ3) is 6.61. The van der Waals surface area contributed by atoms with E-state index in [-0.39, 0.29) is 21.9 Å². The molecule has 2 rings (SSSR count). The summed E-state index contributed by atoms with van der Waals surface area (Å²) < 4.78 is 11.8. The summed E-state index contributed by atoms with van der Waals surface area (Å²) in [7, 11) is 0. The molecule has 0 saturated carbocycles. The molecule has 0 heterocycles. The second kappa shape index (κ2) is 11.1. The minimum atomic E-state index is -0.477. The molecule has 0 aliphatic carbocycles. The van der Waals surface area contributed by atoms with Crippen molar-refractivity contribution < 1.29 is 9.47 Å². The van der Waals surface area contributed by atoms with Crippen LogP contribution in [0, 0.1) is 11.8 Å². The lowest BCUT2D eigenvalue weighted by atomic mass is 9.78. The maximum absolute atomic E-state index is 6.54. The van der Waals surface area contributed by atoms with Crippen LogP contribution in [0.15, 0.2) is 24.3 Å². The number of halogens is 6. The van der Waals surface area contributed by atoms with Crippen LogP contribution in [0.4, 0.5) is 0 Å². The summed E-state index contributed by atoms with van der Waals surface area (Å²) in [6.45, 7) is 12.3. The van der Waals surface area contributed by atoms with Gasteiger partial charge in [0.25, 0.3) is 0 Å². The van der Waals surface area contributed by atoms with Gasteiger partial charge in [-0.25, -0.2) is 0 Å². The Bertz CT molecular complexity index is 812. The maximum Gasteiger partial charge on any atom is 0.158 e. The van der Waals surface area contributed by atoms with Crippen LogP contribution < -0.4 is 9.47 Å². The number of alkyl halides is 2. The molecule has 2 unspecified atom stereocenters. The largest absolute Gasteiger partial charge is 0.476 e. The first-order valence-electron chi connectivity index (χ1n) is 9.86. The van der Waals surface area contributed by atoms with Crippen LogP contribution in [0.5, 0.6) is 11.5 Å². The van der Waals surface area contributed by atoms with Gasteiger partial charge in [0.15, 0.2) is 21.5 Å². The van der Waals surface area contributed by atoms with Crippen LogP contribution in [0.2, 0.25) is 20.1 Å². The van der Waals surface area contributed by atoms with Gasteiger partial charge in [0.1, 0.15) is 0 Å². The average Bonchev–Trinajstić information content (AvgIpc) is 2.66. The van der Waals surface area contributed by atoms with E-state index in [1.807, 2.05) is 52.0 Å². The monoisotopic (exact) mass is 632 g/mol. The lowest BCUT2D eigenvalue weighted by molar-refractivity contribution is 0.243. The second-order valence-electron chi connectivity index (χ2n) is 8.59. The molecule has 2 nitrogen and oxygen atoms in total. The van der Waals surface area contributed by atoms with Gasteiger partial charge < -0.3 is 9.47 Å². The first-order chi connectivity index (χ1) is 14.2. The molecule has 0 saturated heterocycles. The molecule has 31 heavy (non-hydrogen) atoms. The van der Waals surface area contributed by atoms with Crippen molar-refractivity contribution in [1.29, 1.82) is 0 Å². The van der Waals surface area contributed by atoms with Gasteiger partial charge in [-0.15, -0.1) is 0 Å². The molecule has 0 aliphatic heterocycles. The summed E-state index contributed by atoms with van der Waals surface area (Å²) in [5.74, 6) is 1.41.